The van der Waals surface area contributed by atoms with Crippen molar-refractivity contribution in [3.63, 3.8) is 0 Å². The van der Waals surface area contributed by atoms with Crippen molar-refractivity contribution < 1.29 is 18.0 Å². The molecule has 0 unspecified atom stereocenters. The minimum absolute atomic E-state index is 0.0322. The topological polar surface area (TPSA) is 83.6 Å². The van der Waals surface area contributed by atoms with Gasteiger partial charge in [-0.1, -0.05) is 57.2 Å². The molecule has 28 heavy (non-hydrogen) atoms. The molecule has 2 aromatic rings. The first-order valence-corrected chi connectivity index (χ1v) is 10.5. The molecule has 6 nitrogen and oxygen atoms in total. The van der Waals surface area contributed by atoms with Crippen molar-refractivity contribution in [3.05, 3.63) is 65.2 Å². The van der Waals surface area contributed by atoms with E-state index in [9.17, 15) is 18.0 Å². The molecule has 0 bridgehead atoms. The van der Waals surface area contributed by atoms with Crippen molar-refractivity contribution in [1.29, 1.82) is 0 Å². The number of fused-ring (bicyclic) bond motifs is 1. The summed E-state index contributed by atoms with van der Waals surface area (Å²) in [7, 11) is -3.99. The van der Waals surface area contributed by atoms with Crippen LogP contribution in [-0.2, 0) is 20.2 Å². The van der Waals surface area contributed by atoms with Crippen LogP contribution in [0.1, 0.15) is 55.2 Å². The van der Waals surface area contributed by atoms with Crippen LogP contribution in [0.4, 0.5) is 0 Å². The Morgan fingerprint density at radius 2 is 1.68 bits per heavy atom. The first-order valence-electron chi connectivity index (χ1n) is 9.08. The van der Waals surface area contributed by atoms with Crippen LogP contribution < -0.4 is 5.32 Å². The van der Waals surface area contributed by atoms with Crippen LogP contribution in [-0.4, -0.2) is 31.1 Å². The summed E-state index contributed by atoms with van der Waals surface area (Å²) in [6.07, 6.45) is 0. The number of hydrogen-bond donors (Lipinski definition) is 1. The number of benzene rings is 2. The maximum Gasteiger partial charge on any atom is 0.269 e. The third-order valence-electron chi connectivity index (χ3n) is 4.85. The minimum Gasteiger partial charge on any atom is -0.348 e. The molecule has 0 saturated heterocycles. The van der Waals surface area contributed by atoms with Gasteiger partial charge >= 0.3 is 0 Å². The molecular weight excluding hydrogens is 376 g/mol. The van der Waals surface area contributed by atoms with Crippen molar-refractivity contribution in [2.45, 2.75) is 44.0 Å². The predicted molar refractivity (Wildman–Crippen MR) is 106 cm³/mol. The number of carbonyl (C=O) groups excluding carboxylic acids is 2. The van der Waals surface area contributed by atoms with E-state index in [-0.39, 0.29) is 21.9 Å². The van der Waals surface area contributed by atoms with E-state index in [2.05, 4.69) is 26.1 Å². The van der Waals surface area contributed by atoms with Crippen molar-refractivity contribution in [1.82, 2.24) is 9.62 Å². The highest BCUT2D eigenvalue weighted by Crippen LogP contribution is 2.29. The fourth-order valence-corrected chi connectivity index (χ4v) is 4.69. The van der Waals surface area contributed by atoms with Crippen LogP contribution in [0.25, 0.3) is 0 Å². The molecule has 0 radical (unpaired) electrons. The van der Waals surface area contributed by atoms with Gasteiger partial charge in [-0.25, -0.2) is 12.7 Å². The lowest BCUT2D eigenvalue weighted by molar-refractivity contribution is -0.121. The normalized spacial score (nSPS) is 16.6. The van der Waals surface area contributed by atoms with Crippen molar-refractivity contribution in [2.75, 3.05) is 6.54 Å². The van der Waals surface area contributed by atoms with Gasteiger partial charge in [0.25, 0.3) is 15.9 Å². The highest BCUT2D eigenvalue weighted by Gasteiger charge is 2.41. The molecule has 2 amide bonds. The second kappa shape index (κ2) is 7.05. The molecule has 0 aliphatic carbocycles. The lowest BCUT2D eigenvalue weighted by Crippen LogP contribution is -2.41. The molecule has 7 heteroatoms. The Balaban J connectivity index is 1.70. The molecule has 0 spiro atoms. The molecule has 0 fully saturated rings. The maximum atomic E-state index is 12.5. The van der Waals surface area contributed by atoms with Crippen molar-refractivity contribution >= 4 is 21.8 Å². The number of carbonyl (C=O) groups is 2. The van der Waals surface area contributed by atoms with Crippen LogP contribution >= 0.6 is 0 Å². The first-order chi connectivity index (χ1) is 13.0. The monoisotopic (exact) mass is 400 g/mol. The largest absolute Gasteiger partial charge is 0.348 e. The Kier molecular flexibility index (Phi) is 5.06. The molecule has 0 saturated carbocycles. The average Bonchev–Trinajstić information content (AvgIpc) is 2.82. The zero-order chi connectivity index (χ0) is 20.7. The van der Waals surface area contributed by atoms with E-state index in [4.69, 9.17) is 0 Å². The molecule has 0 aromatic heterocycles. The summed E-state index contributed by atoms with van der Waals surface area (Å²) in [5.74, 6) is -1.20. The van der Waals surface area contributed by atoms with Crippen LogP contribution in [0.5, 0.6) is 0 Å². The summed E-state index contributed by atoms with van der Waals surface area (Å²) in [5.41, 5.74) is 2.22. The van der Waals surface area contributed by atoms with Crippen LogP contribution in [0.2, 0.25) is 0 Å². The summed E-state index contributed by atoms with van der Waals surface area (Å²) in [5, 5.41) is 2.77. The van der Waals surface area contributed by atoms with Gasteiger partial charge in [0.15, 0.2) is 0 Å². The molecule has 2 aromatic carbocycles. The quantitative estimate of drug-likeness (QED) is 0.855. The van der Waals surface area contributed by atoms with Crippen molar-refractivity contribution in [2.24, 2.45) is 0 Å². The zero-order valence-corrected chi connectivity index (χ0v) is 17.2. The third-order valence-corrected chi connectivity index (χ3v) is 6.64. The van der Waals surface area contributed by atoms with Gasteiger partial charge < -0.3 is 5.32 Å². The maximum absolute atomic E-state index is 12.5. The molecule has 148 valence electrons. The molecule has 1 N–H and O–H groups in total. The first kappa shape index (κ1) is 20.1. The number of amides is 2. The Labute approximate surface area is 165 Å². The summed E-state index contributed by atoms with van der Waals surface area (Å²) >= 11 is 0. The van der Waals surface area contributed by atoms with E-state index in [1.165, 1.54) is 17.7 Å². The summed E-state index contributed by atoms with van der Waals surface area (Å²) in [4.78, 5) is 24.8. The number of rotatable bonds is 4. The van der Waals surface area contributed by atoms with Gasteiger partial charge in [-0.15, -0.1) is 0 Å². The second-order valence-corrected chi connectivity index (χ2v) is 9.80. The minimum atomic E-state index is -3.99. The second-order valence-electron chi connectivity index (χ2n) is 7.97. The van der Waals surface area contributed by atoms with Gasteiger partial charge in [-0.05, 0) is 35.6 Å². The molecular formula is C21H24N2O4S. The fourth-order valence-electron chi connectivity index (χ4n) is 3.16. The Morgan fingerprint density at radius 3 is 2.25 bits per heavy atom. The summed E-state index contributed by atoms with van der Waals surface area (Å²) in [6, 6.07) is 13.6. The van der Waals surface area contributed by atoms with Crippen LogP contribution in [0.15, 0.2) is 53.4 Å². The van der Waals surface area contributed by atoms with Gasteiger partial charge in [-0.3, -0.25) is 9.59 Å². The fraction of sp³-hybridized carbons (Fsp3) is 0.333. The summed E-state index contributed by atoms with van der Waals surface area (Å²) in [6.45, 7) is 7.65. The van der Waals surface area contributed by atoms with Crippen molar-refractivity contribution in [3.8, 4) is 0 Å². The number of nitrogens with one attached hydrogen (secondary N) is 1. The third kappa shape index (κ3) is 3.67. The van der Waals surface area contributed by atoms with Gasteiger partial charge in [0.05, 0.1) is 11.6 Å². The van der Waals surface area contributed by atoms with Gasteiger partial charge in [0.1, 0.15) is 11.4 Å². The molecule has 1 atom stereocenters. The van der Waals surface area contributed by atoms with E-state index >= 15 is 0 Å². The lowest BCUT2D eigenvalue weighted by atomic mass is 9.86. The Bertz CT molecular complexity index is 1020. The van der Waals surface area contributed by atoms with E-state index in [0.717, 1.165) is 5.56 Å². The van der Waals surface area contributed by atoms with E-state index in [1.54, 1.807) is 12.1 Å². The number of hydrogen-bond acceptors (Lipinski definition) is 4. The molecule has 1 aliphatic rings. The summed E-state index contributed by atoms with van der Waals surface area (Å²) < 4.78 is 25.7. The van der Waals surface area contributed by atoms with Gasteiger partial charge in [0, 0.05) is 0 Å². The van der Waals surface area contributed by atoms with E-state index < -0.39 is 28.4 Å². The number of sulfonamides is 1. The highest BCUT2D eigenvalue weighted by atomic mass is 32.2. The Hall–Kier alpha value is -2.67. The average molecular weight is 401 g/mol. The van der Waals surface area contributed by atoms with Crippen LogP contribution in [0.3, 0.4) is 0 Å². The van der Waals surface area contributed by atoms with Gasteiger partial charge in [-0.2, -0.15) is 0 Å². The smallest absolute Gasteiger partial charge is 0.269 e. The van der Waals surface area contributed by atoms with Crippen LogP contribution in [0, 0.1) is 0 Å². The molecule has 1 aliphatic heterocycles. The number of nitrogens with zero attached hydrogens (tertiary/aromatic N) is 1. The van der Waals surface area contributed by atoms with E-state index in [1.807, 2.05) is 31.2 Å². The van der Waals surface area contributed by atoms with Gasteiger partial charge in [0.2, 0.25) is 5.91 Å². The molecule has 1 heterocycles. The van der Waals surface area contributed by atoms with E-state index in [0.29, 0.717) is 4.31 Å². The zero-order valence-electron chi connectivity index (χ0n) is 16.4. The SMILES string of the molecule is C[C@@H](NC(=O)CN1C(=O)c2ccccc2S1(=O)=O)c1ccc(C(C)(C)C)cc1. The Morgan fingerprint density at radius 1 is 1.07 bits per heavy atom. The molecule has 3 rings (SSSR count). The lowest BCUT2D eigenvalue weighted by Gasteiger charge is -2.21. The standard InChI is InChI=1S/C21H24N2O4S/c1-14(15-9-11-16(12-10-15)21(2,3)4)22-19(24)13-23-20(25)17-7-5-6-8-18(17)28(23,26)27/h5-12,14H,13H2,1-4H3,(H,22,24)/t14-/m1/s1. The highest BCUT2D eigenvalue weighted by molar-refractivity contribution is 7.90. The predicted octanol–water partition coefficient (Wildman–Crippen LogP) is 3.01.